The molecule has 0 spiro atoms. The van der Waals surface area contributed by atoms with Gasteiger partial charge in [-0.25, -0.2) is 9.82 Å². The molecule has 1 heterocycles. The number of rotatable bonds is 4. The minimum Gasteiger partial charge on any atom is -0.495 e. The minimum atomic E-state index is -0.356. The lowest BCUT2D eigenvalue weighted by Gasteiger charge is -2.17. The third-order valence-electron chi connectivity index (χ3n) is 2.75. The molecule has 100 valence electrons. The van der Waals surface area contributed by atoms with E-state index in [-0.39, 0.29) is 11.9 Å². The summed E-state index contributed by atoms with van der Waals surface area (Å²) in [5.74, 6) is 5.85. The van der Waals surface area contributed by atoms with Crippen molar-refractivity contribution in [1.82, 2.24) is 10.4 Å². The first kappa shape index (κ1) is 13.9. The molecule has 1 atom stereocenters. The molecule has 0 saturated heterocycles. The van der Waals surface area contributed by atoms with Crippen molar-refractivity contribution in [2.24, 2.45) is 5.84 Å². The van der Waals surface area contributed by atoms with Crippen molar-refractivity contribution in [3.8, 4) is 5.75 Å². The van der Waals surface area contributed by atoms with Crippen LogP contribution in [0.25, 0.3) is 0 Å². The van der Waals surface area contributed by atoms with Gasteiger partial charge in [0.05, 0.1) is 23.8 Å². The molecule has 0 fully saturated rings. The van der Waals surface area contributed by atoms with E-state index in [0.29, 0.717) is 15.8 Å². The van der Waals surface area contributed by atoms with Gasteiger partial charge in [-0.3, -0.25) is 10.8 Å². The van der Waals surface area contributed by atoms with Crippen LogP contribution in [-0.2, 0) is 0 Å². The molecule has 1 unspecified atom stereocenters. The van der Waals surface area contributed by atoms with Crippen molar-refractivity contribution >= 4 is 15.9 Å². The number of ether oxygens (including phenoxy) is 1. The van der Waals surface area contributed by atoms with Gasteiger partial charge in [0, 0.05) is 6.20 Å². The number of pyridine rings is 1. The van der Waals surface area contributed by atoms with Gasteiger partial charge in [-0.2, -0.15) is 0 Å². The van der Waals surface area contributed by atoms with E-state index in [1.165, 1.54) is 6.07 Å². The van der Waals surface area contributed by atoms with E-state index in [1.54, 1.807) is 37.7 Å². The summed E-state index contributed by atoms with van der Waals surface area (Å²) in [7, 11) is 1.56. The molecule has 2 aromatic rings. The molecule has 0 bridgehead atoms. The van der Waals surface area contributed by atoms with E-state index in [0.717, 1.165) is 5.56 Å². The molecule has 2 rings (SSSR count). The maximum Gasteiger partial charge on any atom is 0.137 e. The van der Waals surface area contributed by atoms with E-state index in [4.69, 9.17) is 10.6 Å². The summed E-state index contributed by atoms with van der Waals surface area (Å²) in [6.45, 7) is 0. The molecule has 4 nitrogen and oxygen atoms in total. The van der Waals surface area contributed by atoms with Crippen molar-refractivity contribution in [1.29, 1.82) is 0 Å². The Hall–Kier alpha value is -1.50. The maximum atomic E-state index is 13.6. The van der Waals surface area contributed by atoms with E-state index < -0.39 is 0 Å². The van der Waals surface area contributed by atoms with Crippen LogP contribution >= 0.6 is 15.9 Å². The van der Waals surface area contributed by atoms with Crippen molar-refractivity contribution in [2.45, 2.75) is 6.04 Å². The fraction of sp³-hybridized carbons (Fsp3) is 0.154. The number of halogens is 2. The number of benzene rings is 1. The Labute approximate surface area is 118 Å². The maximum absolute atomic E-state index is 13.6. The van der Waals surface area contributed by atoms with Gasteiger partial charge in [0.25, 0.3) is 0 Å². The summed E-state index contributed by atoms with van der Waals surface area (Å²) in [6.07, 6.45) is 3.26. The molecule has 0 radical (unpaired) electrons. The van der Waals surface area contributed by atoms with Gasteiger partial charge < -0.3 is 4.74 Å². The molecule has 6 heteroatoms. The van der Waals surface area contributed by atoms with Crippen LogP contribution in [0.5, 0.6) is 5.75 Å². The zero-order chi connectivity index (χ0) is 13.8. The predicted octanol–water partition coefficient (Wildman–Crippen LogP) is 2.54. The van der Waals surface area contributed by atoms with Crippen LogP contribution in [0.2, 0.25) is 0 Å². The largest absolute Gasteiger partial charge is 0.495 e. The topological polar surface area (TPSA) is 60.2 Å². The second-order valence-corrected chi connectivity index (χ2v) is 4.79. The summed E-state index contributed by atoms with van der Waals surface area (Å²) < 4.78 is 19.1. The summed E-state index contributed by atoms with van der Waals surface area (Å²) >= 11 is 3.12. The predicted molar refractivity (Wildman–Crippen MR) is 74.1 cm³/mol. The lowest BCUT2D eigenvalue weighted by Crippen LogP contribution is -2.29. The third kappa shape index (κ3) is 3.09. The number of hydrogen-bond donors (Lipinski definition) is 2. The highest BCUT2D eigenvalue weighted by molar-refractivity contribution is 9.10. The number of nitrogens with one attached hydrogen (secondary N) is 1. The zero-order valence-electron chi connectivity index (χ0n) is 10.2. The minimum absolute atomic E-state index is 0.339. The number of aromatic nitrogens is 1. The second kappa shape index (κ2) is 6.10. The zero-order valence-corrected chi connectivity index (χ0v) is 11.8. The van der Waals surface area contributed by atoms with Crippen LogP contribution < -0.4 is 16.0 Å². The number of hydrogen-bond acceptors (Lipinski definition) is 4. The molecule has 1 aromatic heterocycles. The highest BCUT2D eigenvalue weighted by Gasteiger charge is 2.15. The van der Waals surface area contributed by atoms with Crippen LogP contribution in [0.4, 0.5) is 4.39 Å². The Bertz CT molecular complexity index is 580. The molecule has 0 aliphatic rings. The number of nitrogens with zero attached hydrogens (tertiary/aromatic N) is 1. The molecule has 0 aliphatic carbocycles. The second-order valence-electron chi connectivity index (χ2n) is 3.93. The van der Waals surface area contributed by atoms with Crippen LogP contribution in [0.1, 0.15) is 17.2 Å². The van der Waals surface area contributed by atoms with Crippen LogP contribution in [0.3, 0.4) is 0 Å². The summed E-state index contributed by atoms with van der Waals surface area (Å²) in [4.78, 5) is 4.07. The Kier molecular flexibility index (Phi) is 4.47. The van der Waals surface area contributed by atoms with Gasteiger partial charge in [-0.05, 0) is 45.3 Å². The smallest absolute Gasteiger partial charge is 0.137 e. The fourth-order valence-electron chi connectivity index (χ4n) is 1.78. The fourth-order valence-corrected chi connectivity index (χ4v) is 2.03. The molecule has 0 aliphatic heterocycles. The van der Waals surface area contributed by atoms with E-state index in [9.17, 15) is 4.39 Å². The lowest BCUT2D eigenvalue weighted by atomic mass is 10.0. The van der Waals surface area contributed by atoms with E-state index in [2.05, 4.69) is 26.3 Å². The standard InChI is InChI=1S/C13H13BrFN3O/c1-19-10-4-9(6-17-7-10)13(18-16)8-2-3-11(14)12(15)5-8/h2-7,13,18H,16H2,1H3. The Morgan fingerprint density at radius 2 is 2.11 bits per heavy atom. The Balaban J connectivity index is 2.40. The van der Waals surface area contributed by atoms with E-state index in [1.807, 2.05) is 0 Å². The summed E-state index contributed by atoms with van der Waals surface area (Å²) in [5.41, 5.74) is 4.16. The normalized spacial score (nSPS) is 12.2. The number of methoxy groups -OCH3 is 1. The van der Waals surface area contributed by atoms with Crippen LogP contribution in [0.15, 0.2) is 41.1 Å². The summed E-state index contributed by atoms with van der Waals surface area (Å²) in [6, 6.07) is 6.30. The molecule has 0 amide bonds. The van der Waals surface area contributed by atoms with Gasteiger partial charge in [0.1, 0.15) is 11.6 Å². The van der Waals surface area contributed by atoms with Crippen molar-refractivity contribution in [3.63, 3.8) is 0 Å². The Morgan fingerprint density at radius 1 is 1.32 bits per heavy atom. The highest BCUT2D eigenvalue weighted by atomic mass is 79.9. The van der Waals surface area contributed by atoms with Gasteiger partial charge in [0.15, 0.2) is 0 Å². The SMILES string of the molecule is COc1cncc(C(NN)c2ccc(Br)c(F)c2)c1. The monoisotopic (exact) mass is 325 g/mol. The average Bonchev–Trinajstić information content (AvgIpc) is 2.44. The average molecular weight is 326 g/mol. The first-order chi connectivity index (χ1) is 9.15. The summed E-state index contributed by atoms with van der Waals surface area (Å²) in [5, 5.41) is 0. The van der Waals surface area contributed by atoms with Crippen molar-refractivity contribution in [2.75, 3.05) is 7.11 Å². The van der Waals surface area contributed by atoms with Gasteiger partial charge in [0.2, 0.25) is 0 Å². The van der Waals surface area contributed by atoms with Crippen LogP contribution in [0, 0.1) is 5.82 Å². The molecular weight excluding hydrogens is 313 g/mol. The lowest BCUT2D eigenvalue weighted by molar-refractivity contribution is 0.411. The number of nitrogens with two attached hydrogens (primary N) is 1. The van der Waals surface area contributed by atoms with Gasteiger partial charge >= 0.3 is 0 Å². The third-order valence-corrected chi connectivity index (χ3v) is 3.39. The molecular formula is C13H13BrFN3O. The van der Waals surface area contributed by atoms with Crippen LogP contribution in [-0.4, -0.2) is 12.1 Å². The Morgan fingerprint density at radius 3 is 2.74 bits per heavy atom. The molecule has 1 aromatic carbocycles. The van der Waals surface area contributed by atoms with Crippen molar-refractivity contribution < 1.29 is 9.13 Å². The molecule has 3 N–H and O–H groups in total. The highest BCUT2D eigenvalue weighted by Crippen LogP contribution is 2.26. The number of hydrazine groups is 1. The molecule has 0 saturated carbocycles. The first-order valence-corrected chi connectivity index (χ1v) is 6.35. The van der Waals surface area contributed by atoms with Crippen molar-refractivity contribution in [3.05, 3.63) is 58.1 Å². The first-order valence-electron chi connectivity index (χ1n) is 5.55. The van der Waals surface area contributed by atoms with E-state index >= 15 is 0 Å². The van der Waals surface area contributed by atoms with Gasteiger partial charge in [-0.15, -0.1) is 0 Å². The molecule has 19 heavy (non-hydrogen) atoms. The quantitative estimate of drug-likeness (QED) is 0.670. The van der Waals surface area contributed by atoms with Gasteiger partial charge in [-0.1, -0.05) is 6.07 Å².